The monoisotopic (exact) mass is 539 g/mol. The van der Waals surface area contributed by atoms with Gasteiger partial charge in [-0.2, -0.15) is 13.2 Å². The fraction of sp³-hybridized carbons (Fsp3) is 0.355. The second kappa shape index (κ2) is 12.0. The Morgan fingerprint density at radius 2 is 1.74 bits per heavy atom. The normalized spacial score (nSPS) is 20.3. The molecule has 3 atom stereocenters. The van der Waals surface area contributed by atoms with Crippen molar-refractivity contribution in [3.63, 3.8) is 0 Å². The Hall–Kier alpha value is -3.65. The van der Waals surface area contributed by atoms with Gasteiger partial charge < -0.3 is 14.3 Å². The molecule has 0 radical (unpaired) electrons. The number of benzene rings is 3. The van der Waals surface area contributed by atoms with Crippen LogP contribution in [0.1, 0.15) is 53.7 Å². The first-order valence-corrected chi connectivity index (χ1v) is 12.9. The topological polar surface area (TPSA) is 55.8 Å². The number of halogens is 3. The summed E-state index contributed by atoms with van der Waals surface area (Å²) in [5.74, 6) is -0.366. The van der Waals surface area contributed by atoms with Crippen LogP contribution in [0.25, 0.3) is 0 Å². The summed E-state index contributed by atoms with van der Waals surface area (Å²) in [7, 11) is 0. The van der Waals surface area contributed by atoms with Crippen LogP contribution >= 0.6 is 0 Å². The first-order chi connectivity index (χ1) is 18.6. The third-order valence-corrected chi connectivity index (χ3v) is 7.26. The quantitative estimate of drug-likeness (QED) is 0.283. The van der Waals surface area contributed by atoms with E-state index in [1.807, 2.05) is 60.7 Å². The van der Waals surface area contributed by atoms with Crippen LogP contribution in [0.2, 0.25) is 0 Å². The molecule has 1 saturated heterocycles. The summed E-state index contributed by atoms with van der Waals surface area (Å²) in [5.41, 5.74) is 0.794. The number of likely N-dealkylation sites (tertiary alicyclic amines) is 1. The molecule has 0 N–H and O–H groups in total. The van der Waals surface area contributed by atoms with Crippen LogP contribution < -0.4 is 0 Å². The van der Waals surface area contributed by atoms with Crippen molar-refractivity contribution in [1.29, 1.82) is 0 Å². The van der Waals surface area contributed by atoms with Crippen LogP contribution in [0.3, 0.4) is 0 Å². The number of carbonyl (C=O) groups is 2. The smallest absolute Gasteiger partial charge is 0.416 e. The lowest BCUT2D eigenvalue weighted by Crippen LogP contribution is -2.57. The Morgan fingerprint density at radius 1 is 1.08 bits per heavy atom. The highest BCUT2D eigenvalue weighted by Crippen LogP contribution is 2.41. The molecule has 0 aliphatic carbocycles. The number of nitrogens with zero attached hydrogens (tertiary/aromatic N) is 1. The molecular formula is C31H32F3NO4. The zero-order valence-electron chi connectivity index (χ0n) is 22.0. The van der Waals surface area contributed by atoms with Crippen molar-refractivity contribution in [2.24, 2.45) is 5.92 Å². The molecule has 0 saturated carbocycles. The number of aldehydes is 1. The number of rotatable bonds is 8. The van der Waals surface area contributed by atoms with Crippen LogP contribution in [0.5, 0.6) is 0 Å². The highest BCUT2D eigenvalue weighted by Gasteiger charge is 2.47. The SMILES string of the molecule is Cc1cc([C@@H](C)OC[C@@]2(c3ccccc3)CCC(C=O)CN2C(=O)OCc2ccccc2)cc(C(F)(F)F)c1. The van der Waals surface area contributed by atoms with Crippen molar-refractivity contribution in [2.45, 2.75) is 51.1 Å². The molecule has 1 aliphatic rings. The summed E-state index contributed by atoms with van der Waals surface area (Å²) < 4.78 is 52.3. The molecule has 5 nitrogen and oxygen atoms in total. The zero-order chi connectivity index (χ0) is 28.0. The highest BCUT2D eigenvalue weighted by molar-refractivity contribution is 5.71. The molecule has 8 heteroatoms. The summed E-state index contributed by atoms with van der Waals surface area (Å²) in [5, 5.41) is 0. The molecule has 1 unspecified atom stereocenters. The van der Waals surface area contributed by atoms with Gasteiger partial charge in [-0.05, 0) is 55.5 Å². The first-order valence-electron chi connectivity index (χ1n) is 12.9. The highest BCUT2D eigenvalue weighted by atomic mass is 19.4. The van der Waals surface area contributed by atoms with E-state index in [4.69, 9.17) is 9.47 Å². The van der Waals surface area contributed by atoms with Gasteiger partial charge in [0.05, 0.1) is 23.8 Å². The number of carbonyl (C=O) groups excluding carboxylic acids is 2. The molecule has 206 valence electrons. The van der Waals surface area contributed by atoms with E-state index in [2.05, 4.69) is 0 Å². The summed E-state index contributed by atoms with van der Waals surface area (Å²) in [6.45, 7) is 3.53. The van der Waals surface area contributed by atoms with Gasteiger partial charge in [0.15, 0.2) is 0 Å². The molecule has 1 amide bonds. The van der Waals surface area contributed by atoms with E-state index >= 15 is 0 Å². The first kappa shape index (κ1) is 28.4. The van der Waals surface area contributed by atoms with Gasteiger partial charge in [0.25, 0.3) is 0 Å². The number of alkyl halides is 3. The van der Waals surface area contributed by atoms with Crippen LogP contribution in [0, 0.1) is 12.8 Å². The van der Waals surface area contributed by atoms with E-state index in [9.17, 15) is 22.8 Å². The molecule has 0 bridgehead atoms. The Bertz CT molecular complexity index is 1270. The molecule has 3 aromatic rings. The van der Waals surface area contributed by atoms with Gasteiger partial charge in [0, 0.05) is 12.5 Å². The van der Waals surface area contributed by atoms with Crippen molar-refractivity contribution in [1.82, 2.24) is 4.90 Å². The van der Waals surface area contributed by atoms with E-state index in [1.54, 1.807) is 24.8 Å². The van der Waals surface area contributed by atoms with E-state index in [1.165, 1.54) is 0 Å². The summed E-state index contributed by atoms with van der Waals surface area (Å²) >= 11 is 0. The maximum Gasteiger partial charge on any atom is 0.416 e. The minimum absolute atomic E-state index is 0.0134. The van der Waals surface area contributed by atoms with E-state index in [-0.39, 0.29) is 25.7 Å². The van der Waals surface area contributed by atoms with Crippen molar-refractivity contribution in [3.8, 4) is 0 Å². The van der Waals surface area contributed by atoms with Crippen LogP contribution in [0.15, 0.2) is 78.9 Å². The number of amides is 1. The number of hydrogen-bond acceptors (Lipinski definition) is 4. The van der Waals surface area contributed by atoms with Gasteiger partial charge in [-0.15, -0.1) is 0 Å². The lowest BCUT2D eigenvalue weighted by Gasteiger charge is -2.48. The summed E-state index contributed by atoms with van der Waals surface area (Å²) in [6, 6.07) is 22.5. The zero-order valence-corrected chi connectivity index (χ0v) is 22.0. The number of ether oxygens (including phenoxy) is 2. The van der Waals surface area contributed by atoms with Gasteiger partial charge >= 0.3 is 12.3 Å². The summed E-state index contributed by atoms with van der Waals surface area (Å²) in [6.07, 6.45) is -3.94. The molecule has 39 heavy (non-hydrogen) atoms. The molecule has 4 rings (SSSR count). The fourth-order valence-electron chi connectivity index (χ4n) is 5.07. The Balaban J connectivity index is 1.64. The molecule has 3 aromatic carbocycles. The van der Waals surface area contributed by atoms with E-state index in [0.29, 0.717) is 24.0 Å². The lowest BCUT2D eigenvalue weighted by molar-refractivity contribution is -0.137. The van der Waals surface area contributed by atoms with Crippen LogP contribution in [-0.4, -0.2) is 30.4 Å². The second-order valence-electron chi connectivity index (χ2n) is 10.1. The number of hydrogen-bond donors (Lipinski definition) is 0. The van der Waals surface area contributed by atoms with E-state index < -0.39 is 29.5 Å². The van der Waals surface area contributed by atoms with Gasteiger partial charge in [0.2, 0.25) is 0 Å². The minimum atomic E-state index is -4.47. The van der Waals surface area contributed by atoms with Crippen molar-refractivity contribution in [3.05, 3.63) is 107 Å². The fourth-order valence-corrected chi connectivity index (χ4v) is 5.07. The van der Waals surface area contributed by atoms with Crippen LogP contribution in [0.4, 0.5) is 18.0 Å². The number of aryl methyl sites for hydroxylation is 1. The molecule has 0 aromatic heterocycles. The largest absolute Gasteiger partial charge is 0.445 e. The number of piperidine rings is 1. The molecule has 1 heterocycles. The van der Waals surface area contributed by atoms with Gasteiger partial charge in [-0.3, -0.25) is 4.90 Å². The maximum absolute atomic E-state index is 13.5. The van der Waals surface area contributed by atoms with E-state index in [0.717, 1.165) is 29.5 Å². The van der Waals surface area contributed by atoms with Crippen molar-refractivity contribution < 1.29 is 32.2 Å². The predicted molar refractivity (Wildman–Crippen MR) is 141 cm³/mol. The maximum atomic E-state index is 13.5. The molecule has 1 fully saturated rings. The van der Waals surface area contributed by atoms with Gasteiger partial charge in [-0.25, -0.2) is 4.79 Å². The average molecular weight is 540 g/mol. The average Bonchev–Trinajstić information content (AvgIpc) is 2.94. The Kier molecular flexibility index (Phi) is 8.75. The Morgan fingerprint density at radius 3 is 2.38 bits per heavy atom. The Labute approximate surface area is 226 Å². The molecule has 0 spiro atoms. The van der Waals surface area contributed by atoms with Crippen molar-refractivity contribution in [2.75, 3.05) is 13.2 Å². The lowest BCUT2D eigenvalue weighted by atomic mass is 9.78. The standard InChI is InChI=1S/C31H32F3NO4/c1-22-15-26(17-28(16-22)31(32,33)34)23(2)39-21-30(27-11-7-4-8-12-27)14-13-25(19-36)18-35(30)29(37)38-20-24-9-5-3-6-10-24/h3-12,15-17,19,23,25H,13-14,18,20-21H2,1-2H3/t23-,25?,30-/m1/s1. The minimum Gasteiger partial charge on any atom is -0.445 e. The molecule has 1 aliphatic heterocycles. The van der Waals surface area contributed by atoms with Gasteiger partial charge in [0.1, 0.15) is 12.9 Å². The van der Waals surface area contributed by atoms with Gasteiger partial charge in [-0.1, -0.05) is 72.3 Å². The molecular weight excluding hydrogens is 507 g/mol. The van der Waals surface area contributed by atoms with Crippen LogP contribution in [-0.2, 0) is 32.6 Å². The predicted octanol–water partition coefficient (Wildman–Crippen LogP) is 7.23. The summed E-state index contributed by atoms with van der Waals surface area (Å²) in [4.78, 5) is 26.8. The third kappa shape index (κ3) is 6.68. The second-order valence-corrected chi connectivity index (χ2v) is 10.1. The van der Waals surface area contributed by atoms with Crippen molar-refractivity contribution >= 4 is 12.4 Å². The third-order valence-electron chi connectivity index (χ3n) is 7.26.